The molecule has 0 fully saturated rings. The van der Waals surface area contributed by atoms with Gasteiger partial charge in [-0.05, 0) is 88.4 Å². The van der Waals surface area contributed by atoms with Crippen LogP contribution in [0.1, 0.15) is 42.0 Å². The Morgan fingerprint density at radius 3 is 1.93 bits per heavy atom. The molecule has 3 heteroatoms. The molecule has 140 valence electrons. The summed E-state index contributed by atoms with van der Waals surface area (Å²) in [4.78, 5) is 0. The minimum Gasteiger partial charge on any atom is -0.207 e. The molecule has 0 heterocycles. The topological polar surface area (TPSA) is 0 Å². The first-order chi connectivity index (χ1) is 13.4. The van der Waals surface area contributed by atoms with Crippen molar-refractivity contribution in [1.82, 2.24) is 0 Å². The SMILES string of the molecule is CC1=C(C=C(c2ccc(F)cc2)c2ccc(F)cc2)C(C)c2cc(Cl)ccc21. The van der Waals surface area contributed by atoms with Crippen molar-refractivity contribution in [3.05, 3.63) is 117 Å². The molecule has 1 unspecified atom stereocenters. The summed E-state index contributed by atoms with van der Waals surface area (Å²) >= 11 is 6.21. The Balaban J connectivity index is 1.87. The summed E-state index contributed by atoms with van der Waals surface area (Å²) in [5.74, 6) is -0.382. The smallest absolute Gasteiger partial charge is 0.123 e. The molecule has 0 nitrogen and oxygen atoms in total. The van der Waals surface area contributed by atoms with Gasteiger partial charge in [0.05, 0.1) is 0 Å². The first kappa shape index (κ1) is 18.6. The van der Waals surface area contributed by atoms with E-state index in [0.29, 0.717) is 0 Å². The Bertz CT molecular complexity index is 1040. The lowest BCUT2D eigenvalue weighted by Crippen LogP contribution is -1.95. The van der Waals surface area contributed by atoms with E-state index in [4.69, 9.17) is 11.6 Å². The normalized spacial score (nSPS) is 15.5. The second kappa shape index (κ2) is 7.37. The van der Waals surface area contributed by atoms with Crippen LogP contribution in [0.5, 0.6) is 0 Å². The average Bonchev–Trinajstić information content (AvgIpc) is 2.92. The Hall–Kier alpha value is -2.71. The Labute approximate surface area is 168 Å². The van der Waals surface area contributed by atoms with Gasteiger partial charge in [-0.1, -0.05) is 48.9 Å². The standard InChI is InChI=1S/C25H19ClF2/c1-15-22-12-7-19(26)13-24(22)16(2)23(15)14-25(17-3-8-20(27)9-4-17)18-5-10-21(28)11-6-18/h3-14,16H,1-2H3. The van der Waals surface area contributed by atoms with Crippen LogP contribution in [0.15, 0.2) is 78.4 Å². The van der Waals surface area contributed by atoms with Gasteiger partial charge in [0, 0.05) is 10.9 Å². The fourth-order valence-corrected chi connectivity index (χ4v) is 4.04. The van der Waals surface area contributed by atoms with Gasteiger partial charge >= 0.3 is 0 Å². The van der Waals surface area contributed by atoms with E-state index in [0.717, 1.165) is 21.7 Å². The van der Waals surface area contributed by atoms with Crippen LogP contribution in [0.4, 0.5) is 8.78 Å². The van der Waals surface area contributed by atoms with Gasteiger partial charge in [-0.3, -0.25) is 0 Å². The summed E-state index contributed by atoms with van der Waals surface area (Å²) < 4.78 is 26.9. The maximum Gasteiger partial charge on any atom is 0.123 e. The third-order valence-electron chi connectivity index (χ3n) is 5.39. The van der Waals surface area contributed by atoms with E-state index in [9.17, 15) is 8.78 Å². The molecule has 3 aromatic carbocycles. The largest absolute Gasteiger partial charge is 0.207 e. The van der Waals surface area contributed by atoms with Crippen molar-refractivity contribution in [2.24, 2.45) is 0 Å². The van der Waals surface area contributed by atoms with Gasteiger partial charge in [-0.15, -0.1) is 0 Å². The van der Waals surface area contributed by atoms with Crippen molar-refractivity contribution in [3.8, 4) is 0 Å². The molecule has 1 aliphatic carbocycles. The molecule has 0 radical (unpaired) electrons. The van der Waals surface area contributed by atoms with Crippen LogP contribution in [-0.4, -0.2) is 0 Å². The predicted octanol–water partition coefficient (Wildman–Crippen LogP) is 7.64. The van der Waals surface area contributed by atoms with Gasteiger partial charge in [0.25, 0.3) is 0 Å². The van der Waals surface area contributed by atoms with Crippen molar-refractivity contribution in [1.29, 1.82) is 0 Å². The van der Waals surface area contributed by atoms with Crippen LogP contribution in [0.2, 0.25) is 5.02 Å². The Morgan fingerprint density at radius 2 is 1.39 bits per heavy atom. The summed E-state index contributed by atoms with van der Waals surface area (Å²) in [6.45, 7) is 4.26. The van der Waals surface area contributed by atoms with E-state index in [1.165, 1.54) is 46.5 Å². The van der Waals surface area contributed by atoms with Crippen molar-refractivity contribution in [2.75, 3.05) is 0 Å². The summed E-state index contributed by atoms with van der Waals surface area (Å²) in [6.07, 6.45) is 2.13. The molecular formula is C25H19ClF2. The number of benzene rings is 3. The molecular weight excluding hydrogens is 374 g/mol. The highest BCUT2D eigenvalue weighted by atomic mass is 35.5. The molecule has 0 bridgehead atoms. The van der Waals surface area contributed by atoms with Crippen LogP contribution < -0.4 is 0 Å². The van der Waals surface area contributed by atoms with Crippen molar-refractivity contribution in [2.45, 2.75) is 19.8 Å². The molecule has 0 saturated heterocycles. The maximum atomic E-state index is 13.5. The third kappa shape index (κ3) is 3.41. The molecule has 0 aliphatic heterocycles. The minimum atomic E-state index is -0.283. The van der Waals surface area contributed by atoms with Crippen molar-refractivity contribution < 1.29 is 8.78 Å². The van der Waals surface area contributed by atoms with Gasteiger partial charge < -0.3 is 0 Å². The fourth-order valence-electron chi connectivity index (χ4n) is 3.86. The first-order valence-electron chi connectivity index (χ1n) is 9.18. The molecule has 0 aromatic heterocycles. The molecule has 28 heavy (non-hydrogen) atoms. The lowest BCUT2D eigenvalue weighted by molar-refractivity contribution is 0.627. The molecule has 1 aliphatic rings. The minimum absolute atomic E-state index is 0.185. The van der Waals surface area contributed by atoms with Gasteiger partial charge in [0.1, 0.15) is 11.6 Å². The molecule has 3 aromatic rings. The number of allylic oxidation sites excluding steroid dienone is 3. The number of fused-ring (bicyclic) bond motifs is 1. The van der Waals surface area contributed by atoms with Crippen LogP contribution in [0.25, 0.3) is 11.1 Å². The monoisotopic (exact) mass is 392 g/mol. The van der Waals surface area contributed by atoms with Crippen LogP contribution in [-0.2, 0) is 0 Å². The highest BCUT2D eigenvalue weighted by Gasteiger charge is 2.25. The zero-order valence-corrected chi connectivity index (χ0v) is 16.4. The highest BCUT2D eigenvalue weighted by Crippen LogP contribution is 2.44. The van der Waals surface area contributed by atoms with Gasteiger partial charge in [-0.25, -0.2) is 8.78 Å². The molecule has 4 rings (SSSR count). The van der Waals surface area contributed by atoms with E-state index >= 15 is 0 Å². The van der Waals surface area contributed by atoms with E-state index < -0.39 is 0 Å². The quantitative estimate of drug-likeness (QED) is 0.429. The van der Waals surface area contributed by atoms with Crippen LogP contribution >= 0.6 is 11.6 Å². The number of rotatable bonds is 3. The lowest BCUT2D eigenvalue weighted by atomic mass is 9.91. The molecule has 1 atom stereocenters. The summed E-state index contributed by atoms with van der Waals surface area (Å²) in [5.41, 5.74) is 7.47. The number of halogens is 3. The highest BCUT2D eigenvalue weighted by molar-refractivity contribution is 6.30. The van der Waals surface area contributed by atoms with Gasteiger partial charge in [0.2, 0.25) is 0 Å². The third-order valence-corrected chi connectivity index (χ3v) is 5.63. The lowest BCUT2D eigenvalue weighted by Gasteiger charge is -2.13. The first-order valence-corrected chi connectivity index (χ1v) is 9.56. The second-order valence-electron chi connectivity index (χ2n) is 7.11. The maximum absolute atomic E-state index is 13.5. The zero-order chi connectivity index (χ0) is 19.8. The number of hydrogen-bond acceptors (Lipinski definition) is 0. The summed E-state index contributed by atoms with van der Waals surface area (Å²) in [6, 6.07) is 18.8. The fraction of sp³-hybridized carbons (Fsp3) is 0.120. The number of hydrogen-bond donors (Lipinski definition) is 0. The van der Waals surface area contributed by atoms with E-state index in [2.05, 4.69) is 26.0 Å². The Kier molecular flexibility index (Phi) is 4.91. The molecule has 0 amide bonds. The molecule has 0 spiro atoms. The Morgan fingerprint density at radius 1 is 0.857 bits per heavy atom. The molecule has 0 N–H and O–H groups in total. The van der Waals surface area contributed by atoms with Crippen molar-refractivity contribution >= 4 is 22.7 Å². The predicted molar refractivity (Wildman–Crippen MR) is 112 cm³/mol. The summed E-state index contributed by atoms with van der Waals surface area (Å²) in [5, 5.41) is 0.723. The van der Waals surface area contributed by atoms with Crippen LogP contribution in [0.3, 0.4) is 0 Å². The molecule has 0 saturated carbocycles. The van der Waals surface area contributed by atoms with E-state index in [1.807, 2.05) is 12.1 Å². The van der Waals surface area contributed by atoms with Gasteiger partial charge in [0.15, 0.2) is 0 Å². The zero-order valence-electron chi connectivity index (χ0n) is 15.6. The van der Waals surface area contributed by atoms with Gasteiger partial charge in [-0.2, -0.15) is 0 Å². The summed E-state index contributed by atoms with van der Waals surface area (Å²) in [7, 11) is 0. The second-order valence-corrected chi connectivity index (χ2v) is 7.54. The van der Waals surface area contributed by atoms with Crippen LogP contribution in [0, 0.1) is 11.6 Å². The average molecular weight is 393 g/mol. The van der Waals surface area contributed by atoms with Crippen molar-refractivity contribution in [3.63, 3.8) is 0 Å². The van der Waals surface area contributed by atoms with E-state index in [-0.39, 0.29) is 17.6 Å². The van der Waals surface area contributed by atoms with E-state index in [1.54, 1.807) is 24.3 Å².